The molecule has 0 aliphatic heterocycles. The fourth-order valence-corrected chi connectivity index (χ4v) is 4.59. The Morgan fingerprint density at radius 1 is 1.03 bits per heavy atom. The fourth-order valence-electron chi connectivity index (χ4n) is 4.59. The van der Waals surface area contributed by atoms with E-state index in [2.05, 4.69) is 5.32 Å². The number of hydrogen-bond donors (Lipinski definition) is 2. The Hall–Kier alpha value is -3.12. The van der Waals surface area contributed by atoms with Crippen LogP contribution in [0, 0.1) is 5.92 Å². The Labute approximate surface area is 182 Å². The molecule has 0 heterocycles. The number of Topliss-reactive ketones (excluding diaryl/α,β-unsaturated/α-hetero) is 2. The quantitative estimate of drug-likeness (QED) is 0.697. The molecule has 0 bridgehead atoms. The minimum atomic E-state index is -1.35. The van der Waals surface area contributed by atoms with E-state index >= 15 is 0 Å². The summed E-state index contributed by atoms with van der Waals surface area (Å²) in [5, 5.41) is 14.7. The highest BCUT2D eigenvalue weighted by molar-refractivity contribution is 5.98. The molecule has 0 spiro atoms. The van der Waals surface area contributed by atoms with Gasteiger partial charge < -0.3 is 19.9 Å². The largest absolute Gasteiger partial charge is 0.493 e. The normalized spacial score (nSPS) is 23.3. The summed E-state index contributed by atoms with van der Waals surface area (Å²) in [5.74, 6) is -0.713. The molecule has 164 valence electrons. The lowest BCUT2D eigenvalue weighted by Crippen LogP contribution is -2.48. The third-order valence-corrected chi connectivity index (χ3v) is 5.83. The highest BCUT2D eigenvalue weighted by atomic mass is 16.5. The van der Waals surface area contributed by atoms with Crippen molar-refractivity contribution in [1.29, 1.82) is 0 Å². The molecule has 3 rings (SSSR count). The van der Waals surface area contributed by atoms with Crippen LogP contribution in [0.15, 0.2) is 59.8 Å². The average molecular weight is 424 g/mol. The van der Waals surface area contributed by atoms with Gasteiger partial charge in [-0.05, 0) is 50.6 Å². The summed E-state index contributed by atoms with van der Waals surface area (Å²) in [5.41, 5.74) is 1.26. The summed E-state index contributed by atoms with van der Waals surface area (Å²) in [6.07, 6.45) is 0.158. The van der Waals surface area contributed by atoms with Crippen molar-refractivity contribution in [3.8, 4) is 11.5 Å². The maximum atomic E-state index is 12.9. The summed E-state index contributed by atoms with van der Waals surface area (Å²) in [6.45, 7) is 4.60. The van der Waals surface area contributed by atoms with Crippen LogP contribution < -0.4 is 14.8 Å². The number of nitrogens with one attached hydrogen (secondary N) is 1. The summed E-state index contributed by atoms with van der Waals surface area (Å²) in [4.78, 5) is 25.6. The van der Waals surface area contributed by atoms with Gasteiger partial charge in [0.25, 0.3) is 0 Å². The Bertz CT molecular complexity index is 1010. The molecule has 0 fully saturated rings. The molecule has 1 aliphatic carbocycles. The Kier molecular flexibility index (Phi) is 6.51. The van der Waals surface area contributed by atoms with E-state index in [0.29, 0.717) is 28.3 Å². The van der Waals surface area contributed by atoms with Crippen LogP contribution in [0.5, 0.6) is 11.5 Å². The summed E-state index contributed by atoms with van der Waals surface area (Å²) < 4.78 is 10.8. The van der Waals surface area contributed by atoms with Crippen LogP contribution in [0.4, 0.5) is 5.69 Å². The van der Waals surface area contributed by atoms with Crippen molar-refractivity contribution in [1.82, 2.24) is 0 Å². The molecule has 2 aromatic carbocycles. The number of methoxy groups -OCH3 is 2. The van der Waals surface area contributed by atoms with Gasteiger partial charge in [0.2, 0.25) is 0 Å². The highest BCUT2D eigenvalue weighted by Crippen LogP contribution is 2.48. The smallest absolute Gasteiger partial charge is 0.161 e. The molecule has 0 aromatic heterocycles. The molecular weight excluding hydrogens is 394 g/mol. The number of benzene rings is 2. The Morgan fingerprint density at radius 2 is 1.68 bits per heavy atom. The number of ether oxygens (including phenoxy) is 2. The Balaban J connectivity index is 2.24. The van der Waals surface area contributed by atoms with E-state index in [1.54, 1.807) is 26.2 Å². The number of ketones is 2. The van der Waals surface area contributed by atoms with E-state index in [-0.39, 0.29) is 18.0 Å². The second kappa shape index (κ2) is 8.94. The molecule has 2 aromatic rings. The van der Waals surface area contributed by atoms with Gasteiger partial charge in [-0.15, -0.1) is 0 Å². The topological polar surface area (TPSA) is 84.9 Å². The first-order valence-electron chi connectivity index (χ1n) is 10.2. The molecule has 0 amide bonds. The van der Waals surface area contributed by atoms with Crippen LogP contribution in [0.25, 0.3) is 0 Å². The number of carbonyl (C=O) groups excluding carboxylic acids is 2. The van der Waals surface area contributed by atoms with Gasteiger partial charge in [-0.2, -0.15) is 0 Å². The van der Waals surface area contributed by atoms with E-state index in [0.717, 1.165) is 5.69 Å². The minimum absolute atomic E-state index is 0.153. The van der Waals surface area contributed by atoms with Gasteiger partial charge in [-0.1, -0.05) is 24.3 Å². The van der Waals surface area contributed by atoms with E-state index in [9.17, 15) is 14.7 Å². The molecular formula is C25H29NO5. The third kappa shape index (κ3) is 4.49. The van der Waals surface area contributed by atoms with Crippen LogP contribution in [0.3, 0.4) is 0 Å². The zero-order valence-electron chi connectivity index (χ0n) is 18.6. The van der Waals surface area contributed by atoms with Gasteiger partial charge in [0.05, 0.1) is 25.7 Å². The van der Waals surface area contributed by atoms with Crippen molar-refractivity contribution in [3.05, 3.63) is 65.4 Å². The van der Waals surface area contributed by atoms with Crippen molar-refractivity contribution >= 4 is 17.3 Å². The van der Waals surface area contributed by atoms with Gasteiger partial charge in [0.1, 0.15) is 5.78 Å². The molecule has 6 nitrogen and oxygen atoms in total. The maximum Gasteiger partial charge on any atom is 0.161 e. The van der Waals surface area contributed by atoms with Crippen LogP contribution in [0.1, 0.15) is 38.7 Å². The second-order valence-electron chi connectivity index (χ2n) is 8.15. The number of anilines is 1. The predicted molar refractivity (Wildman–Crippen MR) is 119 cm³/mol. The highest BCUT2D eigenvalue weighted by Gasteiger charge is 2.49. The van der Waals surface area contributed by atoms with Crippen LogP contribution in [-0.4, -0.2) is 36.5 Å². The molecule has 1 aliphatic rings. The lowest BCUT2D eigenvalue weighted by Gasteiger charge is -2.43. The van der Waals surface area contributed by atoms with Gasteiger partial charge in [0.15, 0.2) is 17.3 Å². The van der Waals surface area contributed by atoms with Crippen LogP contribution >= 0.6 is 0 Å². The van der Waals surface area contributed by atoms with E-state index < -0.39 is 17.4 Å². The number of carbonyl (C=O) groups is 2. The van der Waals surface area contributed by atoms with E-state index in [1.165, 1.54) is 21.0 Å². The molecule has 6 heteroatoms. The maximum absolute atomic E-state index is 12.9. The number of para-hydroxylation sites is 1. The summed E-state index contributed by atoms with van der Waals surface area (Å²) in [7, 11) is 3.08. The Morgan fingerprint density at radius 3 is 2.23 bits per heavy atom. The first-order valence-corrected chi connectivity index (χ1v) is 10.2. The monoisotopic (exact) mass is 423 g/mol. The standard InChI is InChI=1S/C25H29NO5/c1-15(27)22-19(26-18-9-7-6-8-10-18)14-25(3,29)24(16(2)28)23(22)17-11-12-20(30-4)21(13-17)31-5/h6-13,23-24,26,29H,14H2,1-5H3/t23-,24+,25+/m0/s1. The number of allylic oxidation sites excluding steroid dienone is 1. The predicted octanol–water partition coefficient (Wildman–Crippen LogP) is 4.10. The third-order valence-electron chi connectivity index (χ3n) is 5.83. The number of hydrogen-bond acceptors (Lipinski definition) is 6. The molecule has 0 saturated carbocycles. The first-order chi connectivity index (χ1) is 14.7. The van der Waals surface area contributed by atoms with Crippen molar-refractivity contribution in [3.63, 3.8) is 0 Å². The molecule has 31 heavy (non-hydrogen) atoms. The van der Waals surface area contributed by atoms with Crippen molar-refractivity contribution < 1.29 is 24.2 Å². The summed E-state index contributed by atoms with van der Waals surface area (Å²) in [6, 6.07) is 14.8. The van der Waals surface area contributed by atoms with Gasteiger partial charge in [0, 0.05) is 29.3 Å². The number of rotatable bonds is 7. The molecule has 2 N–H and O–H groups in total. The lowest BCUT2D eigenvalue weighted by atomic mass is 9.64. The first kappa shape index (κ1) is 22.6. The average Bonchev–Trinajstić information content (AvgIpc) is 2.72. The van der Waals surface area contributed by atoms with Gasteiger partial charge >= 0.3 is 0 Å². The summed E-state index contributed by atoms with van der Waals surface area (Å²) >= 11 is 0. The minimum Gasteiger partial charge on any atom is -0.493 e. The van der Waals surface area contributed by atoms with Crippen molar-refractivity contribution in [2.75, 3.05) is 19.5 Å². The SMILES string of the molecule is COc1ccc([C@H]2C(C(C)=O)=C(Nc3ccccc3)C[C@@](C)(O)[C@@H]2C(C)=O)cc1OC. The zero-order valence-corrected chi connectivity index (χ0v) is 18.6. The van der Waals surface area contributed by atoms with E-state index in [1.807, 2.05) is 36.4 Å². The molecule has 0 saturated heterocycles. The lowest BCUT2D eigenvalue weighted by molar-refractivity contribution is -0.131. The fraction of sp³-hybridized carbons (Fsp3) is 0.360. The van der Waals surface area contributed by atoms with Crippen LogP contribution in [-0.2, 0) is 9.59 Å². The van der Waals surface area contributed by atoms with Gasteiger partial charge in [-0.3, -0.25) is 9.59 Å². The van der Waals surface area contributed by atoms with Crippen LogP contribution in [0.2, 0.25) is 0 Å². The number of aliphatic hydroxyl groups is 1. The molecule has 0 unspecified atom stereocenters. The molecule has 3 atom stereocenters. The van der Waals surface area contributed by atoms with Crippen molar-refractivity contribution in [2.24, 2.45) is 5.92 Å². The van der Waals surface area contributed by atoms with Crippen molar-refractivity contribution in [2.45, 2.75) is 38.7 Å². The van der Waals surface area contributed by atoms with E-state index in [4.69, 9.17) is 9.47 Å². The zero-order chi connectivity index (χ0) is 22.8. The second-order valence-corrected chi connectivity index (χ2v) is 8.15. The van der Waals surface area contributed by atoms with Gasteiger partial charge in [-0.25, -0.2) is 0 Å². The molecule has 0 radical (unpaired) electrons.